The van der Waals surface area contributed by atoms with Crippen LogP contribution in [0.15, 0.2) is 35.5 Å². The third-order valence-corrected chi connectivity index (χ3v) is 8.70. The predicted molar refractivity (Wildman–Crippen MR) is 153 cm³/mol. The number of pyridine rings is 2. The molecule has 3 atom stereocenters. The smallest absolute Gasteiger partial charge is 0.410 e. The first kappa shape index (κ1) is 26.0. The average molecular weight is 577 g/mol. The van der Waals surface area contributed by atoms with Crippen LogP contribution in [0.5, 0.6) is 11.8 Å². The number of hydrogen-bond acceptors (Lipinski definition) is 10. The van der Waals surface area contributed by atoms with Crippen LogP contribution in [-0.4, -0.2) is 80.7 Å². The number of carbonyl (C=O) groups is 1. The third kappa shape index (κ3) is 3.65. The first-order valence-corrected chi connectivity index (χ1v) is 14.6. The lowest BCUT2D eigenvalue weighted by molar-refractivity contribution is -0.111. The largest absolute Gasteiger partial charge is 0.481 e. The van der Waals surface area contributed by atoms with Crippen molar-refractivity contribution in [2.45, 2.75) is 56.1 Å². The Morgan fingerprint density at radius 2 is 1.95 bits per heavy atom. The van der Waals surface area contributed by atoms with Gasteiger partial charge < -0.3 is 19.1 Å². The molecule has 212 valence electrons. The van der Waals surface area contributed by atoms with Crippen LogP contribution in [0.4, 0.5) is 15.0 Å². The second-order valence-corrected chi connectivity index (χ2v) is 12.3. The van der Waals surface area contributed by atoms with Crippen LogP contribution >= 0.6 is 11.8 Å². The Labute approximate surface area is 240 Å². The number of hydrogen-bond donors (Lipinski definition) is 0. The quantitative estimate of drug-likeness (QED) is 0.243. The topological polar surface area (TPSA) is 103 Å². The molecule has 41 heavy (non-hydrogen) atoms. The molecule has 0 radical (unpaired) electrons. The fourth-order valence-electron chi connectivity index (χ4n) is 6.17. The van der Waals surface area contributed by atoms with Crippen molar-refractivity contribution in [3.63, 3.8) is 0 Å². The minimum absolute atomic E-state index is 0.0220. The lowest BCUT2D eigenvalue weighted by Gasteiger charge is -2.70. The molecule has 1 aromatic carbocycles. The van der Waals surface area contributed by atoms with Crippen molar-refractivity contribution < 1.29 is 23.4 Å². The van der Waals surface area contributed by atoms with Gasteiger partial charge in [0, 0.05) is 18.0 Å². The van der Waals surface area contributed by atoms with Gasteiger partial charge in [0.1, 0.15) is 45.4 Å². The second kappa shape index (κ2) is 8.78. The predicted octanol–water partition coefficient (Wildman–Crippen LogP) is 5.07. The molecule has 2 saturated heterocycles. The van der Waals surface area contributed by atoms with Gasteiger partial charge in [0.2, 0.25) is 11.8 Å². The molecule has 6 heterocycles. The van der Waals surface area contributed by atoms with Crippen LogP contribution in [0.1, 0.15) is 27.7 Å². The number of methoxy groups -OCH3 is 1. The normalized spacial score (nSPS) is 22.7. The minimum Gasteiger partial charge on any atom is -0.481 e. The molecule has 3 aliphatic heterocycles. The molecule has 0 N–H and O–H groups in total. The number of amides is 1. The SMILES string of the molecule is COc1cc2ccccc2c(-c2nc3c4c(nc(SC)nc4c2F)N2CC4N(C(=O)OC(C)(C)C)C[C@@]42[C@H](C)O3)n1. The van der Waals surface area contributed by atoms with Crippen LogP contribution in [0.25, 0.3) is 33.1 Å². The first-order chi connectivity index (χ1) is 19.6. The molecule has 0 aliphatic carbocycles. The Balaban J connectivity index is 1.39. The molecule has 0 saturated carbocycles. The number of thioether (sulfide) groups is 1. The molecule has 7 rings (SSSR count). The Hall–Kier alpha value is -3.93. The lowest BCUT2D eigenvalue weighted by Crippen LogP contribution is -2.92. The third-order valence-electron chi connectivity index (χ3n) is 8.16. The Morgan fingerprint density at radius 1 is 1.17 bits per heavy atom. The molecular formula is C29H29FN6O4S. The van der Waals surface area contributed by atoms with E-state index < -0.39 is 23.1 Å². The molecule has 3 aliphatic rings. The Kier molecular flexibility index (Phi) is 5.57. The van der Waals surface area contributed by atoms with E-state index in [0.717, 1.165) is 10.8 Å². The van der Waals surface area contributed by atoms with Crippen LogP contribution in [0.2, 0.25) is 0 Å². The highest BCUT2D eigenvalue weighted by molar-refractivity contribution is 7.98. The van der Waals surface area contributed by atoms with E-state index in [0.29, 0.717) is 41.0 Å². The zero-order chi connectivity index (χ0) is 28.8. The molecule has 1 unspecified atom stereocenters. The van der Waals surface area contributed by atoms with Crippen LogP contribution in [-0.2, 0) is 4.74 Å². The summed E-state index contributed by atoms with van der Waals surface area (Å²) in [7, 11) is 1.52. The average Bonchev–Trinajstić information content (AvgIpc) is 3.02. The van der Waals surface area contributed by atoms with Gasteiger partial charge in [-0.2, -0.15) is 0 Å². The number of aromatic nitrogens is 4. The van der Waals surface area contributed by atoms with E-state index in [2.05, 4.69) is 14.9 Å². The molecule has 10 nitrogen and oxygen atoms in total. The summed E-state index contributed by atoms with van der Waals surface area (Å²) in [4.78, 5) is 35.5. The van der Waals surface area contributed by atoms with Crippen molar-refractivity contribution in [3.05, 3.63) is 36.1 Å². The minimum atomic E-state index is -0.609. The van der Waals surface area contributed by atoms with E-state index in [-0.39, 0.29) is 29.2 Å². The van der Waals surface area contributed by atoms with E-state index >= 15 is 4.39 Å². The number of fused-ring (bicyclic) bond motifs is 2. The van der Waals surface area contributed by atoms with Crippen molar-refractivity contribution in [1.82, 2.24) is 24.8 Å². The number of halogens is 1. The summed E-state index contributed by atoms with van der Waals surface area (Å²) in [6, 6.07) is 9.22. The molecule has 4 aromatic rings. The summed E-state index contributed by atoms with van der Waals surface area (Å²) in [5.74, 6) is 0.525. The fourth-order valence-corrected chi connectivity index (χ4v) is 6.53. The summed E-state index contributed by atoms with van der Waals surface area (Å²) in [5, 5.41) is 2.40. The van der Waals surface area contributed by atoms with Crippen molar-refractivity contribution in [3.8, 4) is 23.1 Å². The first-order valence-electron chi connectivity index (χ1n) is 13.4. The molecule has 0 bridgehead atoms. The molecule has 1 spiro atoms. The summed E-state index contributed by atoms with van der Waals surface area (Å²) < 4.78 is 34.2. The van der Waals surface area contributed by atoms with Gasteiger partial charge in [-0.15, -0.1) is 0 Å². The fraction of sp³-hybridized carbons (Fsp3) is 0.414. The van der Waals surface area contributed by atoms with Gasteiger partial charge in [-0.3, -0.25) is 4.90 Å². The number of likely N-dealkylation sites (tertiary alicyclic amines) is 1. The van der Waals surface area contributed by atoms with E-state index in [9.17, 15) is 4.79 Å². The van der Waals surface area contributed by atoms with Crippen LogP contribution in [0.3, 0.4) is 0 Å². The zero-order valence-electron chi connectivity index (χ0n) is 23.6. The maximum absolute atomic E-state index is 16.6. The van der Waals surface area contributed by atoms with Gasteiger partial charge in [0.05, 0.1) is 19.7 Å². The standard InChI is InChI=1S/C29H29FN6O4S/c1-14-29-13-35(27(37)40-28(2,3)4)17(29)12-36(29)24-19-22(33-26(34-24)41-6)20(30)23(32-25(19)39-14)21-16-10-8-7-9-15(16)11-18(31-21)38-5/h7-11,14,17H,12-13H2,1-6H3/t14-,17?,29+/m0/s1. The number of benzene rings is 1. The van der Waals surface area contributed by atoms with Crippen molar-refractivity contribution in [1.29, 1.82) is 0 Å². The molecule has 1 amide bonds. The van der Waals surface area contributed by atoms with Crippen LogP contribution in [0, 0.1) is 5.82 Å². The highest BCUT2D eigenvalue weighted by Gasteiger charge is 2.71. The highest BCUT2D eigenvalue weighted by atomic mass is 32.2. The van der Waals surface area contributed by atoms with Gasteiger partial charge in [-0.05, 0) is 39.3 Å². The number of carbonyl (C=O) groups excluding carboxylic acids is 1. The summed E-state index contributed by atoms with van der Waals surface area (Å²) in [6.45, 7) is 8.40. The molecular weight excluding hydrogens is 547 g/mol. The van der Waals surface area contributed by atoms with Crippen molar-refractivity contribution in [2.75, 3.05) is 31.4 Å². The molecule has 12 heteroatoms. The summed E-state index contributed by atoms with van der Waals surface area (Å²) in [5.41, 5.74) is -0.682. The number of rotatable bonds is 3. The maximum atomic E-state index is 16.6. The Morgan fingerprint density at radius 3 is 2.66 bits per heavy atom. The lowest BCUT2D eigenvalue weighted by atomic mass is 9.67. The van der Waals surface area contributed by atoms with Gasteiger partial charge in [-0.1, -0.05) is 36.0 Å². The van der Waals surface area contributed by atoms with E-state index in [1.807, 2.05) is 58.2 Å². The van der Waals surface area contributed by atoms with Crippen LogP contribution < -0.4 is 14.4 Å². The number of ether oxygens (including phenoxy) is 3. The Bertz CT molecular complexity index is 1760. The second-order valence-electron chi connectivity index (χ2n) is 11.6. The van der Waals surface area contributed by atoms with Gasteiger partial charge in [-0.25, -0.2) is 29.1 Å². The number of anilines is 1. The maximum Gasteiger partial charge on any atom is 0.410 e. The van der Waals surface area contributed by atoms with E-state index in [1.165, 1.54) is 18.9 Å². The van der Waals surface area contributed by atoms with Crippen molar-refractivity contribution in [2.24, 2.45) is 0 Å². The van der Waals surface area contributed by atoms with Gasteiger partial charge in [0.15, 0.2) is 11.0 Å². The summed E-state index contributed by atoms with van der Waals surface area (Å²) >= 11 is 1.33. The zero-order valence-corrected chi connectivity index (χ0v) is 24.4. The summed E-state index contributed by atoms with van der Waals surface area (Å²) in [6.07, 6.45) is 1.10. The molecule has 2 fully saturated rings. The highest BCUT2D eigenvalue weighted by Crippen LogP contribution is 2.54. The van der Waals surface area contributed by atoms with E-state index in [1.54, 1.807) is 11.0 Å². The molecule has 3 aromatic heterocycles. The number of nitrogens with zero attached hydrogens (tertiary/aromatic N) is 6. The number of piperazine rings is 1. The monoisotopic (exact) mass is 576 g/mol. The van der Waals surface area contributed by atoms with Crippen molar-refractivity contribution >= 4 is 45.3 Å². The van der Waals surface area contributed by atoms with Gasteiger partial charge in [0.25, 0.3) is 0 Å². The van der Waals surface area contributed by atoms with E-state index in [4.69, 9.17) is 24.2 Å². The van der Waals surface area contributed by atoms with Gasteiger partial charge >= 0.3 is 6.09 Å².